The van der Waals surface area contributed by atoms with E-state index in [0.717, 1.165) is 12.8 Å². The summed E-state index contributed by atoms with van der Waals surface area (Å²) in [5.74, 6) is 0.0433. The van der Waals surface area contributed by atoms with Gasteiger partial charge in [-0.25, -0.2) is 13.4 Å². The van der Waals surface area contributed by atoms with Gasteiger partial charge in [0.25, 0.3) is 10.0 Å². The zero-order chi connectivity index (χ0) is 13.2. The third kappa shape index (κ3) is 2.57. The van der Waals surface area contributed by atoms with Gasteiger partial charge in [0.15, 0.2) is 5.03 Å². The summed E-state index contributed by atoms with van der Waals surface area (Å²) in [6, 6.07) is 0. The molecule has 0 aromatic carbocycles. The summed E-state index contributed by atoms with van der Waals surface area (Å²) in [7, 11) is -3.50. The van der Waals surface area contributed by atoms with E-state index in [-0.39, 0.29) is 17.6 Å². The fourth-order valence-corrected chi connectivity index (χ4v) is 3.66. The standard InChI is InChI=1S/C11H19N3O3S/c1-2-13-7-11(12-9-13)18(16,17)14-5-3-4-10(6-14)8-15/h7,9-10,15H,2-6,8H2,1H3. The van der Waals surface area contributed by atoms with Crippen molar-refractivity contribution in [3.8, 4) is 0 Å². The molecule has 1 aliphatic rings. The van der Waals surface area contributed by atoms with Crippen LogP contribution in [0.4, 0.5) is 0 Å². The van der Waals surface area contributed by atoms with Crippen LogP contribution in [0.15, 0.2) is 17.6 Å². The first-order chi connectivity index (χ1) is 8.57. The average molecular weight is 273 g/mol. The molecule has 0 aliphatic carbocycles. The van der Waals surface area contributed by atoms with Gasteiger partial charge in [-0.3, -0.25) is 0 Å². The third-order valence-corrected chi connectivity index (χ3v) is 5.07. The average Bonchev–Trinajstić information content (AvgIpc) is 2.88. The minimum Gasteiger partial charge on any atom is -0.396 e. The van der Waals surface area contributed by atoms with Gasteiger partial charge < -0.3 is 9.67 Å². The SMILES string of the molecule is CCn1cnc(S(=O)(=O)N2CCCC(CO)C2)c1. The van der Waals surface area contributed by atoms with Crippen LogP contribution in [-0.4, -0.2) is 47.1 Å². The molecule has 18 heavy (non-hydrogen) atoms. The molecule has 0 saturated carbocycles. The Balaban J connectivity index is 2.19. The Morgan fingerprint density at radius 3 is 2.94 bits per heavy atom. The van der Waals surface area contributed by atoms with Crippen LogP contribution in [0.2, 0.25) is 0 Å². The van der Waals surface area contributed by atoms with Crippen LogP contribution in [0, 0.1) is 5.92 Å². The Labute approximate surface area is 107 Å². The number of aliphatic hydroxyl groups excluding tert-OH is 1. The molecule has 1 unspecified atom stereocenters. The van der Waals surface area contributed by atoms with Crippen LogP contribution in [-0.2, 0) is 16.6 Å². The maximum Gasteiger partial charge on any atom is 0.262 e. The van der Waals surface area contributed by atoms with Crippen molar-refractivity contribution in [1.29, 1.82) is 0 Å². The molecule has 1 N–H and O–H groups in total. The summed E-state index contributed by atoms with van der Waals surface area (Å²) in [4.78, 5) is 3.96. The molecule has 0 bridgehead atoms. The molecule has 0 spiro atoms. The molecule has 6 nitrogen and oxygen atoms in total. The number of piperidine rings is 1. The third-order valence-electron chi connectivity index (χ3n) is 3.32. The predicted molar refractivity (Wildman–Crippen MR) is 66.5 cm³/mol. The quantitative estimate of drug-likeness (QED) is 0.856. The minimum atomic E-state index is -3.50. The second kappa shape index (κ2) is 5.38. The van der Waals surface area contributed by atoms with E-state index in [4.69, 9.17) is 5.11 Å². The van der Waals surface area contributed by atoms with Crippen molar-refractivity contribution in [3.63, 3.8) is 0 Å². The summed E-state index contributed by atoms with van der Waals surface area (Å²) < 4.78 is 27.9. The number of imidazole rings is 1. The molecule has 2 rings (SSSR count). The van der Waals surface area contributed by atoms with E-state index in [0.29, 0.717) is 19.6 Å². The summed E-state index contributed by atoms with van der Waals surface area (Å²) in [6.07, 6.45) is 4.75. The van der Waals surface area contributed by atoms with Crippen molar-refractivity contribution in [2.24, 2.45) is 5.92 Å². The van der Waals surface area contributed by atoms with Crippen LogP contribution in [0.25, 0.3) is 0 Å². The summed E-state index contributed by atoms with van der Waals surface area (Å²) in [5.41, 5.74) is 0. The second-order valence-electron chi connectivity index (χ2n) is 4.60. The number of aromatic nitrogens is 2. The number of aliphatic hydroxyl groups is 1. The van der Waals surface area contributed by atoms with Crippen molar-refractivity contribution in [2.75, 3.05) is 19.7 Å². The number of hydrogen-bond donors (Lipinski definition) is 1. The number of hydrogen-bond acceptors (Lipinski definition) is 4. The molecule has 1 aromatic heterocycles. The first kappa shape index (κ1) is 13.5. The molecular formula is C11H19N3O3S. The van der Waals surface area contributed by atoms with Gasteiger partial charge in [-0.1, -0.05) is 0 Å². The van der Waals surface area contributed by atoms with E-state index in [1.807, 2.05) is 6.92 Å². The van der Waals surface area contributed by atoms with Gasteiger partial charge in [-0.15, -0.1) is 0 Å². The van der Waals surface area contributed by atoms with E-state index >= 15 is 0 Å². The number of aryl methyl sites for hydroxylation is 1. The van der Waals surface area contributed by atoms with Gasteiger partial charge in [-0.2, -0.15) is 4.31 Å². The fourth-order valence-electron chi connectivity index (χ4n) is 2.17. The molecule has 2 heterocycles. The minimum absolute atomic E-state index is 0.0371. The van der Waals surface area contributed by atoms with Crippen molar-refractivity contribution in [2.45, 2.75) is 31.3 Å². The van der Waals surface area contributed by atoms with Crippen LogP contribution in [0.3, 0.4) is 0 Å². The number of rotatable bonds is 4. The highest BCUT2D eigenvalue weighted by Gasteiger charge is 2.31. The molecule has 1 fully saturated rings. The summed E-state index contributed by atoms with van der Waals surface area (Å²) in [6.45, 7) is 3.56. The molecular weight excluding hydrogens is 254 g/mol. The smallest absolute Gasteiger partial charge is 0.262 e. The Hall–Kier alpha value is -0.920. The highest BCUT2D eigenvalue weighted by Crippen LogP contribution is 2.22. The van der Waals surface area contributed by atoms with Gasteiger partial charge in [0.05, 0.1) is 6.33 Å². The predicted octanol–water partition coefficient (Wildman–Crippen LogP) is 0.296. The van der Waals surface area contributed by atoms with Crippen molar-refractivity contribution in [3.05, 3.63) is 12.5 Å². The first-order valence-corrected chi connectivity index (χ1v) is 7.64. The van der Waals surface area contributed by atoms with Crippen molar-refractivity contribution < 1.29 is 13.5 Å². The van der Waals surface area contributed by atoms with Crippen molar-refractivity contribution in [1.82, 2.24) is 13.9 Å². The highest BCUT2D eigenvalue weighted by molar-refractivity contribution is 7.89. The Morgan fingerprint density at radius 1 is 1.56 bits per heavy atom. The summed E-state index contributed by atoms with van der Waals surface area (Å²) >= 11 is 0. The molecule has 1 aromatic rings. The Bertz CT molecular complexity index is 497. The lowest BCUT2D eigenvalue weighted by Gasteiger charge is -2.30. The first-order valence-electron chi connectivity index (χ1n) is 6.20. The maximum atomic E-state index is 12.3. The highest BCUT2D eigenvalue weighted by atomic mass is 32.2. The number of nitrogens with zero attached hydrogens (tertiary/aromatic N) is 3. The zero-order valence-electron chi connectivity index (χ0n) is 10.5. The van der Waals surface area contributed by atoms with Crippen LogP contribution in [0.5, 0.6) is 0 Å². The van der Waals surface area contributed by atoms with Crippen LogP contribution >= 0.6 is 0 Å². The van der Waals surface area contributed by atoms with Gasteiger partial charge in [-0.05, 0) is 25.7 Å². The Morgan fingerprint density at radius 2 is 2.33 bits per heavy atom. The van der Waals surface area contributed by atoms with Crippen LogP contribution in [0.1, 0.15) is 19.8 Å². The lowest BCUT2D eigenvalue weighted by Crippen LogP contribution is -2.41. The molecule has 102 valence electrons. The topological polar surface area (TPSA) is 75.4 Å². The second-order valence-corrected chi connectivity index (χ2v) is 6.48. The number of sulfonamides is 1. The molecule has 1 aliphatic heterocycles. The van der Waals surface area contributed by atoms with E-state index < -0.39 is 10.0 Å². The lowest BCUT2D eigenvalue weighted by atomic mass is 10.0. The van der Waals surface area contributed by atoms with E-state index in [1.54, 1.807) is 10.8 Å². The Kier molecular flexibility index (Phi) is 4.04. The molecule has 0 amide bonds. The van der Waals surface area contributed by atoms with E-state index in [2.05, 4.69) is 4.98 Å². The van der Waals surface area contributed by atoms with Gasteiger partial charge in [0.2, 0.25) is 0 Å². The molecule has 7 heteroatoms. The van der Waals surface area contributed by atoms with Gasteiger partial charge in [0, 0.05) is 32.4 Å². The maximum absolute atomic E-state index is 12.3. The van der Waals surface area contributed by atoms with Gasteiger partial charge >= 0.3 is 0 Å². The van der Waals surface area contributed by atoms with E-state index in [9.17, 15) is 8.42 Å². The van der Waals surface area contributed by atoms with Gasteiger partial charge in [0.1, 0.15) is 0 Å². The molecule has 1 atom stereocenters. The lowest BCUT2D eigenvalue weighted by molar-refractivity contribution is 0.165. The molecule has 0 radical (unpaired) electrons. The summed E-state index contributed by atoms with van der Waals surface area (Å²) in [5, 5.41) is 9.25. The fraction of sp³-hybridized carbons (Fsp3) is 0.727. The normalized spacial score (nSPS) is 22.2. The van der Waals surface area contributed by atoms with E-state index in [1.165, 1.54) is 10.6 Å². The zero-order valence-corrected chi connectivity index (χ0v) is 11.3. The van der Waals surface area contributed by atoms with Crippen molar-refractivity contribution >= 4 is 10.0 Å². The largest absolute Gasteiger partial charge is 0.396 e. The monoisotopic (exact) mass is 273 g/mol. The molecule has 1 saturated heterocycles. The van der Waals surface area contributed by atoms with Crippen LogP contribution < -0.4 is 0 Å².